The van der Waals surface area contributed by atoms with E-state index in [9.17, 15) is 4.79 Å². The third-order valence-corrected chi connectivity index (χ3v) is 3.25. The molecule has 2 N–H and O–H groups in total. The number of carbonyl (C=O) groups excluding carboxylic acids is 1. The highest BCUT2D eigenvalue weighted by Gasteiger charge is 2.53. The second kappa shape index (κ2) is 3.68. The summed E-state index contributed by atoms with van der Waals surface area (Å²) in [4.78, 5) is 11.5. The summed E-state index contributed by atoms with van der Waals surface area (Å²) in [6.45, 7) is 0.488. The monoisotopic (exact) mass is 221 g/mol. The first-order valence-corrected chi connectivity index (χ1v) is 4.62. The number of ether oxygens (including phenoxy) is 2. The Labute approximate surface area is 89.5 Å². The average Bonchev–Trinajstić information content (AvgIpc) is 2.18. The zero-order valence-electron chi connectivity index (χ0n) is 8.25. The van der Waals surface area contributed by atoms with Crippen LogP contribution in [0, 0.1) is 0 Å². The van der Waals surface area contributed by atoms with Crippen LogP contribution < -0.4 is 5.73 Å². The molecule has 3 aliphatic rings. The van der Waals surface area contributed by atoms with Crippen LogP contribution in [-0.2, 0) is 14.3 Å². The minimum Gasteiger partial charge on any atom is -0.467 e. The van der Waals surface area contributed by atoms with E-state index >= 15 is 0 Å². The standard InChI is InChI=1S/C9H15NO3.ClH/c1-12-7(11)9-4-2-8(10,3-5-9)6-13-9;/h2-6,10H2,1H3;1H. The summed E-state index contributed by atoms with van der Waals surface area (Å²) in [5.41, 5.74) is 5.16. The maximum atomic E-state index is 11.5. The summed E-state index contributed by atoms with van der Waals surface area (Å²) in [5.74, 6) is -0.241. The molecular formula is C9H16ClNO3. The number of hydrogen-bond donors (Lipinski definition) is 1. The predicted molar refractivity (Wildman–Crippen MR) is 53.3 cm³/mol. The molecule has 82 valence electrons. The van der Waals surface area contributed by atoms with E-state index in [0.29, 0.717) is 19.4 Å². The maximum absolute atomic E-state index is 11.5. The van der Waals surface area contributed by atoms with E-state index < -0.39 is 5.60 Å². The van der Waals surface area contributed by atoms with Gasteiger partial charge in [0.1, 0.15) is 0 Å². The van der Waals surface area contributed by atoms with Crippen molar-refractivity contribution < 1.29 is 14.3 Å². The summed E-state index contributed by atoms with van der Waals surface area (Å²) >= 11 is 0. The van der Waals surface area contributed by atoms with Gasteiger partial charge in [-0.25, -0.2) is 4.79 Å². The van der Waals surface area contributed by atoms with Crippen LogP contribution in [0.1, 0.15) is 25.7 Å². The molecular weight excluding hydrogens is 206 g/mol. The first-order valence-electron chi connectivity index (χ1n) is 4.62. The van der Waals surface area contributed by atoms with Crippen molar-refractivity contribution in [2.45, 2.75) is 36.8 Å². The highest BCUT2D eigenvalue weighted by atomic mass is 35.5. The molecule has 0 aromatic carbocycles. The molecule has 3 fully saturated rings. The van der Waals surface area contributed by atoms with Crippen LogP contribution in [0.4, 0.5) is 0 Å². The Hall–Kier alpha value is -0.320. The second-order valence-electron chi connectivity index (χ2n) is 4.14. The Morgan fingerprint density at radius 3 is 2.29 bits per heavy atom. The van der Waals surface area contributed by atoms with Crippen molar-refractivity contribution in [3.8, 4) is 0 Å². The first-order chi connectivity index (χ1) is 6.10. The minimum absolute atomic E-state index is 0. The van der Waals surface area contributed by atoms with Crippen molar-refractivity contribution >= 4 is 18.4 Å². The van der Waals surface area contributed by atoms with Crippen molar-refractivity contribution in [2.24, 2.45) is 5.73 Å². The van der Waals surface area contributed by atoms with E-state index in [0.717, 1.165) is 12.8 Å². The van der Waals surface area contributed by atoms with Crippen molar-refractivity contribution in [1.82, 2.24) is 0 Å². The fourth-order valence-corrected chi connectivity index (χ4v) is 2.17. The molecule has 2 bridgehead atoms. The lowest BCUT2D eigenvalue weighted by atomic mass is 9.72. The van der Waals surface area contributed by atoms with Gasteiger partial charge in [-0.3, -0.25) is 0 Å². The molecule has 0 spiro atoms. The fourth-order valence-electron chi connectivity index (χ4n) is 2.17. The Morgan fingerprint density at radius 1 is 1.36 bits per heavy atom. The van der Waals surface area contributed by atoms with Crippen LogP contribution in [0.25, 0.3) is 0 Å². The lowest BCUT2D eigenvalue weighted by Gasteiger charge is -2.49. The summed E-state index contributed by atoms with van der Waals surface area (Å²) < 4.78 is 10.3. The van der Waals surface area contributed by atoms with E-state index in [1.165, 1.54) is 7.11 Å². The van der Waals surface area contributed by atoms with Gasteiger partial charge >= 0.3 is 5.97 Å². The maximum Gasteiger partial charge on any atom is 0.338 e. The van der Waals surface area contributed by atoms with Gasteiger partial charge in [0, 0.05) is 5.54 Å². The molecule has 2 saturated heterocycles. The zero-order valence-corrected chi connectivity index (χ0v) is 9.06. The molecule has 3 rings (SSSR count). The first kappa shape index (κ1) is 11.8. The quantitative estimate of drug-likeness (QED) is 0.660. The topological polar surface area (TPSA) is 61.5 Å². The molecule has 5 heteroatoms. The van der Waals surface area contributed by atoms with Gasteiger partial charge in [0.05, 0.1) is 13.7 Å². The number of esters is 1. The number of fused-ring (bicyclic) bond motifs is 3. The molecule has 0 unspecified atom stereocenters. The summed E-state index contributed by atoms with van der Waals surface area (Å²) in [6.07, 6.45) is 3.14. The Morgan fingerprint density at radius 2 is 1.93 bits per heavy atom. The minimum atomic E-state index is -0.671. The Bertz CT molecular complexity index is 220. The highest BCUT2D eigenvalue weighted by molar-refractivity contribution is 5.85. The van der Waals surface area contributed by atoms with Crippen LogP contribution in [0.3, 0.4) is 0 Å². The fraction of sp³-hybridized carbons (Fsp3) is 0.889. The molecule has 0 aromatic rings. The van der Waals surface area contributed by atoms with Crippen molar-refractivity contribution in [2.75, 3.05) is 13.7 Å². The molecule has 0 atom stereocenters. The molecule has 2 aliphatic heterocycles. The largest absolute Gasteiger partial charge is 0.467 e. The van der Waals surface area contributed by atoms with Gasteiger partial charge < -0.3 is 15.2 Å². The van der Waals surface area contributed by atoms with E-state index in [1.807, 2.05) is 0 Å². The second-order valence-corrected chi connectivity index (χ2v) is 4.14. The Kier molecular flexibility index (Phi) is 3.09. The molecule has 1 saturated carbocycles. The third-order valence-electron chi connectivity index (χ3n) is 3.25. The van der Waals surface area contributed by atoms with Crippen LogP contribution >= 0.6 is 12.4 Å². The van der Waals surface area contributed by atoms with Crippen LogP contribution in [-0.4, -0.2) is 30.8 Å². The molecule has 1 aliphatic carbocycles. The Balaban J connectivity index is 0.000000980. The zero-order chi connectivity index (χ0) is 9.53. The van der Waals surface area contributed by atoms with E-state index in [1.54, 1.807) is 0 Å². The summed E-state index contributed by atoms with van der Waals surface area (Å²) in [7, 11) is 1.40. The number of nitrogens with two attached hydrogens (primary N) is 1. The van der Waals surface area contributed by atoms with Gasteiger partial charge in [-0.1, -0.05) is 0 Å². The van der Waals surface area contributed by atoms with Gasteiger partial charge in [0.15, 0.2) is 5.60 Å². The molecule has 0 radical (unpaired) electrons. The van der Waals surface area contributed by atoms with E-state index in [-0.39, 0.29) is 23.9 Å². The van der Waals surface area contributed by atoms with E-state index in [4.69, 9.17) is 15.2 Å². The molecule has 0 aromatic heterocycles. The van der Waals surface area contributed by atoms with Gasteiger partial charge in [0.25, 0.3) is 0 Å². The SMILES string of the molecule is COC(=O)C12CCC(N)(CC1)CO2.Cl. The van der Waals surface area contributed by atoms with Crippen molar-refractivity contribution in [1.29, 1.82) is 0 Å². The lowest BCUT2D eigenvalue weighted by Crippen LogP contribution is -2.62. The average molecular weight is 222 g/mol. The molecule has 0 amide bonds. The van der Waals surface area contributed by atoms with Gasteiger partial charge in [-0.2, -0.15) is 0 Å². The molecule has 2 heterocycles. The molecule has 14 heavy (non-hydrogen) atoms. The predicted octanol–water partition coefficient (Wildman–Crippen LogP) is 0.622. The summed E-state index contributed by atoms with van der Waals surface area (Å²) in [6, 6.07) is 0. The van der Waals surface area contributed by atoms with E-state index in [2.05, 4.69) is 0 Å². The van der Waals surface area contributed by atoms with Gasteiger partial charge in [-0.05, 0) is 25.7 Å². The van der Waals surface area contributed by atoms with Gasteiger partial charge in [0.2, 0.25) is 0 Å². The van der Waals surface area contributed by atoms with Crippen LogP contribution in [0.5, 0.6) is 0 Å². The van der Waals surface area contributed by atoms with Crippen LogP contribution in [0.15, 0.2) is 0 Å². The normalized spacial score (nSPS) is 40.1. The number of carbonyl (C=O) groups is 1. The number of rotatable bonds is 1. The van der Waals surface area contributed by atoms with Gasteiger partial charge in [-0.15, -0.1) is 12.4 Å². The van der Waals surface area contributed by atoms with Crippen molar-refractivity contribution in [3.63, 3.8) is 0 Å². The molecule has 4 nitrogen and oxygen atoms in total. The smallest absolute Gasteiger partial charge is 0.338 e. The lowest BCUT2D eigenvalue weighted by molar-refractivity contribution is -0.196. The number of hydrogen-bond acceptors (Lipinski definition) is 4. The third kappa shape index (κ3) is 1.62. The number of halogens is 1. The van der Waals surface area contributed by atoms with Crippen molar-refractivity contribution in [3.05, 3.63) is 0 Å². The summed E-state index contributed by atoms with van der Waals surface area (Å²) in [5, 5.41) is 0. The van der Waals surface area contributed by atoms with Crippen LogP contribution in [0.2, 0.25) is 0 Å². The highest BCUT2D eigenvalue weighted by Crippen LogP contribution is 2.42. The number of methoxy groups -OCH3 is 1.